The van der Waals surface area contributed by atoms with Gasteiger partial charge in [-0.1, -0.05) is 19.3 Å². The lowest BCUT2D eigenvalue weighted by molar-refractivity contribution is 0.274. The zero-order valence-electron chi connectivity index (χ0n) is 15.0. The lowest BCUT2D eigenvalue weighted by atomic mass is 9.87. The van der Waals surface area contributed by atoms with Gasteiger partial charge in [0.15, 0.2) is 15.8 Å². The minimum Gasteiger partial charge on any atom is -0.352 e. The Balaban J connectivity index is 1.73. The van der Waals surface area contributed by atoms with Crippen molar-refractivity contribution in [1.29, 1.82) is 0 Å². The van der Waals surface area contributed by atoms with Crippen LogP contribution in [-0.4, -0.2) is 49.9 Å². The molecule has 1 spiro atoms. The van der Waals surface area contributed by atoms with Crippen molar-refractivity contribution in [2.45, 2.75) is 43.4 Å². The molecular formula is C18H25F2N3O2S. The number of hydrogen-bond acceptors (Lipinski definition) is 3. The summed E-state index contributed by atoms with van der Waals surface area (Å²) >= 11 is 0. The van der Waals surface area contributed by atoms with Crippen LogP contribution in [0, 0.1) is 11.6 Å². The highest BCUT2D eigenvalue weighted by Gasteiger charge is 2.48. The quantitative estimate of drug-likeness (QED) is 0.628. The molecule has 26 heavy (non-hydrogen) atoms. The largest absolute Gasteiger partial charge is 0.352 e. The van der Waals surface area contributed by atoms with Gasteiger partial charge >= 0.3 is 0 Å². The first kappa shape index (κ1) is 19.1. The van der Waals surface area contributed by atoms with Gasteiger partial charge in [0.1, 0.15) is 11.6 Å². The number of hydrogen-bond donors (Lipinski definition) is 1. The summed E-state index contributed by atoms with van der Waals surface area (Å²) in [6, 6.07) is 3.33. The molecule has 1 aromatic rings. The Morgan fingerprint density at radius 2 is 2.00 bits per heavy atom. The van der Waals surface area contributed by atoms with Crippen LogP contribution < -0.4 is 5.32 Å². The minimum atomic E-state index is -3.13. The third kappa shape index (κ3) is 3.70. The maximum absolute atomic E-state index is 13.8. The number of nitrogens with zero attached hydrogens (tertiary/aromatic N) is 2. The molecule has 2 aliphatic rings. The number of guanidine groups is 1. The van der Waals surface area contributed by atoms with Gasteiger partial charge in [0, 0.05) is 32.2 Å². The molecule has 1 aliphatic carbocycles. The predicted molar refractivity (Wildman–Crippen MR) is 97.7 cm³/mol. The summed E-state index contributed by atoms with van der Waals surface area (Å²) in [5.41, 5.74) is 0.211. The van der Waals surface area contributed by atoms with E-state index in [1.54, 1.807) is 7.05 Å². The molecule has 0 atom stereocenters. The first-order chi connectivity index (χ1) is 12.4. The first-order valence-electron chi connectivity index (χ1n) is 8.99. The zero-order chi connectivity index (χ0) is 18.8. The SMILES string of the molecule is CN=C(NCc1cc(F)ccc1F)N1CCS(=O)(=O)C2(CCCCC2)C1. The van der Waals surface area contributed by atoms with E-state index in [2.05, 4.69) is 10.3 Å². The lowest BCUT2D eigenvalue weighted by Crippen LogP contribution is -2.60. The van der Waals surface area contributed by atoms with Crippen LogP contribution in [0.5, 0.6) is 0 Å². The van der Waals surface area contributed by atoms with E-state index in [4.69, 9.17) is 0 Å². The normalized spacial score (nSPS) is 22.4. The summed E-state index contributed by atoms with van der Waals surface area (Å²) in [5, 5.41) is 3.05. The molecule has 1 saturated heterocycles. The summed E-state index contributed by atoms with van der Waals surface area (Å²) in [5.74, 6) is -0.363. The second-order valence-electron chi connectivity index (χ2n) is 7.12. The monoisotopic (exact) mass is 385 g/mol. The van der Waals surface area contributed by atoms with Gasteiger partial charge in [-0.05, 0) is 31.0 Å². The average Bonchev–Trinajstić information content (AvgIpc) is 2.62. The molecule has 1 aromatic carbocycles. The Morgan fingerprint density at radius 3 is 2.69 bits per heavy atom. The maximum Gasteiger partial charge on any atom is 0.193 e. The van der Waals surface area contributed by atoms with Gasteiger partial charge in [0.2, 0.25) is 0 Å². The highest BCUT2D eigenvalue weighted by molar-refractivity contribution is 7.92. The van der Waals surface area contributed by atoms with Crippen molar-refractivity contribution in [2.75, 3.05) is 25.9 Å². The maximum atomic E-state index is 13.8. The van der Waals surface area contributed by atoms with E-state index in [9.17, 15) is 17.2 Å². The number of benzene rings is 1. The Kier molecular flexibility index (Phi) is 5.50. The molecule has 2 fully saturated rings. The number of sulfone groups is 1. The Labute approximate surface area is 153 Å². The summed E-state index contributed by atoms with van der Waals surface area (Å²) in [4.78, 5) is 6.16. The van der Waals surface area contributed by atoms with E-state index < -0.39 is 26.2 Å². The van der Waals surface area contributed by atoms with Gasteiger partial charge in [0.05, 0.1) is 10.5 Å². The first-order valence-corrected chi connectivity index (χ1v) is 10.6. The van der Waals surface area contributed by atoms with Crippen LogP contribution in [-0.2, 0) is 16.4 Å². The van der Waals surface area contributed by atoms with Gasteiger partial charge in [-0.15, -0.1) is 0 Å². The van der Waals surface area contributed by atoms with Crippen LogP contribution >= 0.6 is 0 Å². The smallest absolute Gasteiger partial charge is 0.193 e. The molecule has 144 valence electrons. The topological polar surface area (TPSA) is 61.8 Å². The van der Waals surface area contributed by atoms with Crippen LogP contribution in [0.15, 0.2) is 23.2 Å². The average molecular weight is 385 g/mol. The van der Waals surface area contributed by atoms with Crippen LogP contribution in [0.2, 0.25) is 0 Å². The van der Waals surface area contributed by atoms with Crippen molar-refractivity contribution in [1.82, 2.24) is 10.2 Å². The fourth-order valence-electron chi connectivity index (χ4n) is 4.00. The van der Waals surface area contributed by atoms with Crippen LogP contribution in [0.4, 0.5) is 8.78 Å². The second-order valence-corrected chi connectivity index (χ2v) is 9.62. The van der Waals surface area contributed by atoms with E-state index in [0.717, 1.165) is 37.5 Å². The predicted octanol–water partition coefficient (Wildman–Crippen LogP) is 2.47. The summed E-state index contributed by atoms with van der Waals surface area (Å²) in [7, 11) is -1.52. The van der Waals surface area contributed by atoms with Crippen LogP contribution in [0.1, 0.15) is 37.7 Å². The van der Waals surface area contributed by atoms with E-state index in [0.29, 0.717) is 31.9 Å². The summed E-state index contributed by atoms with van der Waals surface area (Å²) < 4.78 is 51.8. The molecule has 3 rings (SSSR count). The highest BCUT2D eigenvalue weighted by atomic mass is 32.2. The minimum absolute atomic E-state index is 0.0898. The van der Waals surface area contributed by atoms with E-state index >= 15 is 0 Å². The fourth-order valence-corrected chi connectivity index (χ4v) is 6.16. The van der Waals surface area contributed by atoms with Crippen molar-refractivity contribution in [3.8, 4) is 0 Å². The van der Waals surface area contributed by atoms with E-state index in [1.807, 2.05) is 4.90 Å². The van der Waals surface area contributed by atoms with E-state index in [-0.39, 0.29) is 17.9 Å². The zero-order valence-corrected chi connectivity index (χ0v) is 15.8. The van der Waals surface area contributed by atoms with Gasteiger partial charge in [-0.2, -0.15) is 0 Å². The van der Waals surface area contributed by atoms with Crippen molar-refractivity contribution in [3.05, 3.63) is 35.4 Å². The van der Waals surface area contributed by atoms with Crippen LogP contribution in [0.3, 0.4) is 0 Å². The summed E-state index contributed by atoms with van der Waals surface area (Å²) in [6.45, 7) is 0.850. The molecule has 0 bridgehead atoms. The van der Waals surface area contributed by atoms with Crippen molar-refractivity contribution in [3.63, 3.8) is 0 Å². The van der Waals surface area contributed by atoms with Gasteiger partial charge in [-0.3, -0.25) is 4.99 Å². The van der Waals surface area contributed by atoms with Crippen molar-refractivity contribution in [2.24, 2.45) is 4.99 Å². The number of aliphatic imine (C=N–C) groups is 1. The fraction of sp³-hybridized carbons (Fsp3) is 0.611. The number of rotatable bonds is 2. The second kappa shape index (κ2) is 7.50. The molecule has 1 aliphatic heterocycles. The molecule has 1 saturated carbocycles. The molecule has 0 radical (unpaired) electrons. The number of nitrogens with one attached hydrogen (secondary N) is 1. The standard InChI is InChI=1S/C18H25F2N3O2S/c1-21-17(22-12-14-11-15(19)5-6-16(14)20)23-9-10-26(24,25)18(13-23)7-3-2-4-8-18/h5-6,11H,2-4,7-10,12-13H2,1H3,(H,21,22). The Bertz CT molecular complexity index is 790. The Morgan fingerprint density at radius 1 is 1.27 bits per heavy atom. The third-order valence-corrected chi connectivity index (χ3v) is 8.07. The molecular weight excluding hydrogens is 360 g/mol. The van der Waals surface area contributed by atoms with Gasteiger partial charge in [0.25, 0.3) is 0 Å². The number of halogens is 2. The molecule has 1 N–H and O–H groups in total. The highest BCUT2D eigenvalue weighted by Crippen LogP contribution is 2.38. The van der Waals surface area contributed by atoms with Crippen LogP contribution in [0.25, 0.3) is 0 Å². The molecule has 0 amide bonds. The molecule has 5 nitrogen and oxygen atoms in total. The third-order valence-electron chi connectivity index (χ3n) is 5.49. The summed E-state index contributed by atoms with van der Waals surface area (Å²) in [6.07, 6.45) is 4.28. The van der Waals surface area contributed by atoms with Gasteiger partial charge < -0.3 is 10.2 Å². The van der Waals surface area contributed by atoms with Crippen molar-refractivity contribution < 1.29 is 17.2 Å². The molecule has 0 aromatic heterocycles. The Hall–Kier alpha value is -1.70. The van der Waals surface area contributed by atoms with Gasteiger partial charge in [-0.25, -0.2) is 17.2 Å². The van der Waals surface area contributed by atoms with E-state index in [1.165, 1.54) is 0 Å². The molecule has 8 heteroatoms. The van der Waals surface area contributed by atoms with Crippen molar-refractivity contribution >= 4 is 15.8 Å². The molecule has 1 heterocycles. The lowest BCUT2D eigenvalue weighted by Gasteiger charge is -2.45. The molecule has 0 unspecified atom stereocenters.